The first-order chi connectivity index (χ1) is 27.7. The van der Waals surface area contributed by atoms with Crippen molar-refractivity contribution >= 4 is 85.6 Å². The monoisotopic (exact) mass is 730 g/mol. The normalized spacial score (nSPS) is 11.9. The van der Waals surface area contributed by atoms with Gasteiger partial charge in [-0.2, -0.15) is 0 Å². The van der Waals surface area contributed by atoms with Crippen molar-refractivity contribution in [2.24, 2.45) is 0 Å². The van der Waals surface area contributed by atoms with Crippen LogP contribution in [0.15, 0.2) is 182 Å². The maximum Gasteiger partial charge on any atom is 0.166 e. The number of thiophene rings is 1. The summed E-state index contributed by atoms with van der Waals surface area (Å²) >= 11 is 1.83. The van der Waals surface area contributed by atoms with Gasteiger partial charge in [0.05, 0.1) is 16.7 Å². The summed E-state index contributed by atoms with van der Waals surface area (Å²) in [6, 6.07) is 65.1. The molecule has 0 aliphatic rings. The minimum absolute atomic E-state index is 0.630. The SMILES string of the molecule is c1ccc2cc(-c3nc(-c4ccc5ccccc5c4)nc(-c4ccc5sc6ccccc6c5c4-n4c5ccccc5c5cc6ccccc6cc54)n3)ccc2c1. The molecule has 0 bridgehead atoms. The van der Waals surface area contributed by atoms with Gasteiger partial charge in [0.15, 0.2) is 17.5 Å². The number of benzene rings is 9. The largest absolute Gasteiger partial charge is 0.308 e. The Morgan fingerprint density at radius 3 is 1.57 bits per heavy atom. The van der Waals surface area contributed by atoms with Crippen molar-refractivity contribution in [1.82, 2.24) is 19.5 Å². The van der Waals surface area contributed by atoms with E-state index in [1.807, 2.05) is 11.3 Å². The number of nitrogens with zero attached hydrogens (tertiary/aromatic N) is 4. The van der Waals surface area contributed by atoms with Crippen LogP contribution in [0.2, 0.25) is 0 Å². The zero-order chi connectivity index (χ0) is 36.7. The van der Waals surface area contributed by atoms with Crippen molar-refractivity contribution < 1.29 is 0 Å². The molecule has 0 aliphatic heterocycles. The molecular formula is C51H30N4S. The van der Waals surface area contributed by atoms with E-state index in [0.29, 0.717) is 17.5 Å². The highest BCUT2D eigenvalue weighted by molar-refractivity contribution is 7.25. The molecule has 3 aromatic heterocycles. The molecule has 0 saturated heterocycles. The summed E-state index contributed by atoms with van der Waals surface area (Å²) in [5.41, 5.74) is 6.19. The number of hydrogen-bond acceptors (Lipinski definition) is 4. The smallest absolute Gasteiger partial charge is 0.166 e. The van der Waals surface area contributed by atoms with Gasteiger partial charge in [-0.05, 0) is 80.8 Å². The van der Waals surface area contributed by atoms with Gasteiger partial charge in [0.25, 0.3) is 0 Å². The maximum absolute atomic E-state index is 5.39. The minimum atomic E-state index is 0.630. The molecule has 12 aromatic rings. The van der Waals surface area contributed by atoms with E-state index >= 15 is 0 Å². The molecule has 0 amide bonds. The zero-order valence-corrected chi connectivity index (χ0v) is 30.8. The maximum atomic E-state index is 5.39. The van der Waals surface area contributed by atoms with Crippen LogP contribution in [0.3, 0.4) is 0 Å². The summed E-state index contributed by atoms with van der Waals surface area (Å²) < 4.78 is 4.93. The lowest BCUT2D eigenvalue weighted by Gasteiger charge is -2.17. The summed E-state index contributed by atoms with van der Waals surface area (Å²) in [7, 11) is 0. The second-order valence-corrected chi connectivity index (χ2v) is 15.5. The molecule has 3 heterocycles. The molecule has 56 heavy (non-hydrogen) atoms. The molecule has 0 N–H and O–H groups in total. The lowest BCUT2D eigenvalue weighted by atomic mass is 10.0. The number of aromatic nitrogens is 4. The van der Waals surface area contributed by atoms with Gasteiger partial charge in [0.1, 0.15) is 0 Å². The third-order valence-corrected chi connectivity index (χ3v) is 12.3. The van der Waals surface area contributed by atoms with Crippen LogP contribution in [0.4, 0.5) is 0 Å². The highest BCUT2D eigenvalue weighted by Crippen LogP contribution is 2.45. The van der Waals surface area contributed by atoms with Gasteiger partial charge in [-0.1, -0.05) is 133 Å². The molecule has 0 spiro atoms. The molecule has 260 valence electrons. The third-order valence-electron chi connectivity index (χ3n) is 11.2. The topological polar surface area (TPSA) is 43.6 Å². The number of rotatable bonds is 4. The van der Waals surface area contributed by atoms with Gasteiger partial charge in [-0.3, -0.25) is 0 Å². The average Bonchev–Trinajstić information content (AvgIpc) is 3.80. The van der Waals surface area contributed by atoms with E-state index in [4.69, 9.17) is 15.0 Å². The van der Waals surface area contributed by atoms with Crippen LogP contribution >= 0.6 is 11.3 Å². The summed E-state index contributed by atoms with van der Waals surface area (Å²) in [5, 5.41) is 11.9. The van der Waals surface area contributed by atoms with Gasteiger partial charge < -0.3 is 4.57 Å². The molecule has 0 aliphatic carbocycles. The Morgan fingerprint density at radius 2 is 0.893 bits per heavy atom. The van der Waals surface area contributed by atoms with Gasteiger partial charge in [-0.15, -0.1) is 11.3 Å². The average molecular weight is 731 g/mol. The van der Waals surface area contributed by atoms with Crippen molar-refractivity contribution in [2.75, 3.05) is 0 Å². The quantitative estimate of drug-likeness (QED) is 0.181. The van der Waals surface area contributed by atoms with Crippen molar-refractivity contribution in [3.05, 3.63) is 182 Å². The summed E-state index contributed by atoms with van der Waals surface area (Å²) in [4.78, 5) is 16.0. The molecular weight excluding hydrogens is 701 g/mol. The van der Waals surface area contributed by atoms with Crippen LogP contribution in [-0.4, -0.2) is 19.5 Å². The molecule has 0 unspecified atom stereocenters. The van der Waals surface area contributed by atoms with E-state index in [-0.39, 0.29) is 0 Å². The van der Waals surface area contributed by atoms with Crippen LogP contribution in [0, 0.1) is 0 Å². The Bertz CT molecular complexity index is 3460. The molecule has 0 radical (unpaired) electrons. The Kier molecular flexibility index (Phi) is 6.76. The fourth-order valence-corrected chi connectivity index (χ4v) is 9.63. The molecule has 12 rings (SSSR count). The highest BCUT2D eigenvalue weighted by Gasteiger charge is 2.24. The Morgan fingerprint density at radius 1 is 0.357 bits per heavy atom. The van der Waals surface area contributed by atoms with Gasteiger partial charge in [-0.25, -0.2) is 15.0 Å². The summed E-state index contributed by atoms with van der Waals surface area (Å²) in [5.74, 6) is 1.90. The predicted molar refractivity (Wildman–Crippen MR) is 236 cm³/mol. The van der Waals surface area contributed by atoms with E-state index in [2.05, 4.69) is 187 Å². The molecule has 0 atom stereocenters. The van der Waals surface area contributed by atoms with E-state index in [0.717, 1.165) is 44.2 Å². The van der Waals surface area contributed by atoms with Crippen LogP contribution in [0.1, 0.15) is 0 Å². The first-order valence-corrected chi connectivity index (χ1v) is 19.7. The van der Waals surface area contributed by atoms with E-state index in [1.54, 1.807) is 0 Å². The van der Waals surface area contributed by atoms with E-state index < -0.39 is 0 Å². The lowest BCUT2D eigenvalue weighted by Crippen LogP contribution is -2.04. The number of fused-ring (bicyclic) bond motifs is 9. The zero-order valence-electron chi connectivity index (χ0n) is 30.0. The van der Waals surface area contributed by atoms with Gasteiger partial charge >= 0.3 is 0 Å². The summed E-state index contributed by atoms with van der Waals surface area (Å²) in [6.07, 6.45) is 0. The first-order valence-electron chi connectivity index (χ1n) is 18.8. The molecule has 0 saturated carbocycles. The second kappa shape index (κ2) is 12.2. The Hall–Kier alpha value is -7.21. The number of para-hydroxylation sites is 1. The fraction of sp³-hybridized carbons (Fsp3) is 0. The van der Waals surface area contributed by atoms with Crippen LogP contribution in [-0.2, 0) is 0 Å². The van der Waals surface area contributed by atoms with Crippen molar-refractivity contribution in [3.8, 4) is 39.9 Å². The molecule has 9 aromatic carbocycles. The van der Waals surface area contributed by atoms with Gasteiger partial charge in [0, 0.05) is 47.6 Å². The predicted octanol–water partition coefficient (Wildman–Crippen LogP) is 13.8. The Labute approximate surface area is 325 Å². The lowest BCUT2D eigenvalue weighted by molar-refractivity contribution is 1.07. The first kappa shape index (κ1) is 31.2. The molecule has 0 fully saturated rings. The van der Waals surface area contributed by atoms with E-state index in [1.165, 1.54) is 52.5 Å². The third kappa shape index (κ3) is 4.81. The van der Waals surface area contributed by atoms with Crippen molar-refractivity contribution in [1.29, 1.82) is 0 Å². The van der Waals surface area contributed by atoms with Crippen LogP contribution < -0.4 is 0 Å². The highest BCUT2D eigenvalue weighted by atomic mass is 32.1. The molecule has 5 heteroatoms. The fourth-order valence-electron chi connectivity index (χ4n) is 8.52. The standard InChI is InChI=1S/C51H30N4S/c1-3-13-33-27-37(23-21-31(33)11-1)49-52-50(38-24-22-32-12-2-4-14-34(32)28-38)54-51(53-49)41-25-26-46-47(40-18-8-10-20-45(40)56-46)48(41)55-43-19-9-7-17-39(43)42-29-35-15-5-6-16-36(35)30-44(42)55/h1-30H. The van der Waals surface area contributed by atoms with Crippen LogP contribution in [0.25, 0.3) is 114 Å². The Balaban J connectivity index is 1.21. The van der Waals surface area contributed by atoms with Crippen molar-refractivity contribution in [2.45, 2.75) is 0 Å². The van der Waals surface area contributed by atoms with Crippen LogP contribution in [0.5, 0.6) is 0 Å². The van der Waals surface area contributed by atoms with E-state index in [9.17, 15) is 0 Å². The second-order valence-electron chi connectivity index (χ2n) is 14.4. The van der Waals surface area contributed by atoms with Gasteiger partial charge in [0.2, 0.25) is 0 Å². The van der Waals surface area contributed by atoms with Crippen molar-refractivity contribution in [3.63, 3.8) is 0 Å². The summed E-state index contributed by atoms with van der Waals surface area (Å²) in [6.45, 7) is 0. The number of hydrogen-bond donors (Lipinski definition) is 0. The molecule has 4 nitrogen and oxygen atoms in total. The minimum Gasteiger partial charge on any atom is -0.308 e.